The van der Waals surface area contributed by atoms with Crippen LogP contribution in [0, 0.1) is 20.8 Å². The average molecular weight is 330 g/mol. The quantitative estimate of drug-likeness (QED) is 0.746. The molecule has 4 rings (SSSR count). The van der Waals surface area contributed by atoms with Crippen molar-refractivity contribution in [2.45, 2.75) is 27.2 Å². The Labute approximate surface area is 148 Å². The van der Waals surface area contributed by atoms with E-state index in [4.69, 9.17) is 0 Å². The van der Waals surface area contributed by atoms with Crippen molar-refractivity contribution in [1.29, 1.82) is 0 Å². The Morgan fingerprint density at radius 3 is 2.48 bits per heavy atom. The zero-order valence-corrected chi connectivity index (χ0v) is 14.9. The average Bonchev–Trinajstić information content (AvgIpc) is 3.02. The SMILES string of the molecule is Cc1nc(Nc2c(C)cccc2C)cc(N2CCc3ccccc32)n1. The molecule has 2 heterocycles. The summed E-state index contributed by atoms with van der Waals surface area (Å²) in [5, 5.41) is 3.49. The van der Waals surface area contributed by atoms with Gasteiger partial charge < -0.3 is 10.2 Å². The maximum atomic E-state index is 4.68. The van der Waals surface area contributed by atoms with Crippen LogP contribution in [0.1, 0.15) is 22.5 Å². The molecule has 4 nitrogen and oxygen atoms in total. The van der Waals surface area contributed by atoms with Gasteiger partial charge in [-0.2, -0.15) is 0 Å². The van der Waals surface area contributed by atoms with Crippen molar-refractivity contribution in [3.8, 4) is 0 Å². The minimum absolute atomic E-state index is 0.774. The molecule has 0 saturated carbocycles. The number of benzene rings is 2. The summed E-state index contributed by atoms with van der Waals surface area (Å²) < 4.78 is 0. The van der Waals surface area contributed by atoms with Gasteiger partial charge >= 0.3 is 0 Å². The third-order valence-corrected chi connectivity index (χ3v) is 4.72. The molecule has 1 N–H and O–H groups in total. The molecule has 4 heteroatoms. The number of nitrogens with one attached hydrogen (secondary N) is 1. The molecule has 0 radical (unpaired) electrons. The summed E-state index contributed by atoms with van der Waals surface area (Å²) in [5.41, 5.74) is 6.17. The maximum absolute atomic E-state index is 4.68. The highest BCUT2D eigenvalue weighted by atomic mass is 15.2. The van der Waals surface area contributed by atoms with E-state index in [1.165, 1.54) is 22.4 Å². The van der Waals surface area contributed by atoms with Gasteiger partial charge in [-0.25, -0.2) is 9.97 Å². The number of nitrogens with zero attached hydrogens (tertiary/aromatic N) is 3. The van der Waals surface area contributed by atoms with E-state index < -0.39 is 0 Å². The van der Waals surface area contributed by atoms with Crippen molar-refractivity contribution in [2.24, 2.45) is 0 Å². The highest BCUT2D eigenvalue weighted by Gasteiger charge is 2.21. The topological polar surface area (TPSA) is 41.1 Å². The molecular formula is C21H22N4. The first-order valence-electron chi connectivity index (χ1n) is 8.66. The molecule has 126 valence electrons. The van der Waals surface area contributed by atoms with Gasteiger partial charge in [0.15, 0.2) is 0 Å². The normalized spacial score (nSPS) is 13.0. The predicted octanol–water partition coefficient (Wildman–Crippen LogP) is 4.84. The minimum Gasteiger partial charge on any atom is -0.340 e. The van der Waals surface area contributed by atoms with Gasteiger partial charge in [-0.15, -0.1) is 0 Å². The second-order valence-corrected chi connectivity index (χ2v) is 6.58. The number of hydrogen-bond donors (Lipinski definition) is 1. The fraction of sp³-hybridized carbons (Fsp3) is 0.238. The first-order chi connectivity index (χ1) is 12.1. The van der Waals surface area contributed by atoms with Crippen molar-refractivity contribution < 1.29 is 0 Å². The van der Waals surface area contributed by atoms with Crippen LogP contribution in [0.15, 0.2) is 48.5 Å². The van der Waals surface area contributed by atoms with Gasteiger partial charge in [0.2, 0.25) is 0 Å². The molecule has 0 atom stereocenters. The van der Waals surface area contributed by atoms with Crippen LogP contribution in [0.25, 0.3) is 0 Å². The van der Waals surface area contributed by atoms with Gasteiger partial charge in [0, 0.05) is 24.0 Å². The lowest BCUT2D eigenvalue weighted by Gasteiger charge is -2.20. The summed E-state index contributed by atoms with van der Waals surface area (Å²) in [6.07, 6.45) is 1.05. The number of para-hydroxylation sites is 2. The van der Waals surface area contributed by atoms with Gasteiger partial charge in [0.05, 0.1) is 0 Å². The molecule has 0 amide bonds. The van der Waals surface area contributed by atoms with Gasteiger partial charge in [0.25, 0.3) is 0 Å². The number of rotatable bonds is 3. The Kier molecular flexibility index (Phi) is 3.88. The molecule has 3 aromatic rings. The van der Waals surface area contributed by atoms with E-state index in [2.05, 4.69) is 76.5 Å². The summed E-state index contributed by atoms with van der Waals surface area (Å²) in [6.45, 7) is 7.13. The Bertz CT molecular complexity index is 913. The van der Waals surface area contributed by atoms with E-state index in [-0.39, 0.29) is 0 Å². The van der Waals surface area contributed by atoms with Crippen LogP contribution >= 0.6 is 0 Å². The van der Waals surface area contributed by atoms with Crippen LogP contribution in [0.4, 0.5) is 23.0 Å². The maximum Gasteiger partial charge on any atom is 0.138 e. The first-order valence-corrected chi connectivity index (χ1v) is 8.66. The lowest BCUT2D eigenvalue weighted by atomic mass is 10.1. The largest absolute Gasteiger partial charge is 0.340 e. The number of aryl methyl sites for hydroxylation is 3. The summed E-state index contributed by atoms with van der Waals surface area (Å²) in [6, 6.07) is 16.9. The molecule has 1 aliphatic rings. The van der Waals surface area contributed by atoms with E-state index in [9.17, 15) is 0 Å². The second kappa shape index (κ2) is 6.20. The molecule has 0 fully saturated rings. The number of aromatic nitrogens is 2. The molecule has 25 heavy (non-hydrogen) atoms. The molecule has 0 unspecified atom stereocenters. The summed E-state index contributed by atoms with van der Waals surface area (Å²) in [7, 11) is 0. The number of hydrogen-bond acceptors (Lipinski definition) is 4. The second-order valence-electron chi connectivity index (χ2n) is 6.58. The molecule has 1 aliphatic heterocycles. The van der Waals surface area contributed by atoms with Crippen molar-refractivity contribution in [3.05, 3.63) is 71.0 Å². The molecule has 0 spiro atoms. The van der Waals surface area contributed by atoms with Crippen LogP contribution in [-0.4, -0.2) is 16.5 Å². The number of anilines is 4. The van der Waals surface area contributed by atoms with Crippen molar-refractivity contribution in [3.63, 3.8) is 0 Å². The predicted molar refractivity (Wildman–Crippen MR) is 103 cm³/mol. The monoisotopic (exact) mass is 330 g/mol. The van der Waals surface area contributed by atoms with Crippen LogP contribution in [0.5, 0.6) is 0 Å². The summed E-state index contributed by atoms with van der Waals surface area (Å²) in [5.74, 6) is 2.56. The van der Waals surface area contributed by atoms with Crippen LogP contribution in [0.3, 0.4) is 0 Å². The van der Waals surface area contributed by atoms with Crippen LogP contribution < -0.4 is 10.2 Å². The summed E-state index contributed by atoms with van der Waals surface area (Å²) in [4.78, 5) is 11.5. The Balaban J connectivity index is 1.71. The van der Waals surface area contributed by atoms with Gasteiger partial charge in [-0.3, -0.25) is 0 Å². The number of fused-ring (bicyclic) bond motifs is 1. The standard InChI is InChI=1S/C21H22N4/c1-14-7-6-8-15(2)21(14)24-19-13-20(23-16(3)22-19)25-12-11-17-9-4-5-10-18(17)25/h4-10,13H,11-12H2,1-3H3,(H,22,23,24). The summed E-state index contributed by atoms with van der Waals surface area (Å²) >= 11 is 0. The highest BCUT2D eigenvalue weighted by Crippen LogP contribution is 2.34. The molecule has 0 saturated heterocycles. The van der Waals surface area contributed by atoms with E-state index >= 15 is 0 Å². The molecule has 2 aromatic carbocycles. The highest BCUT2D eigenvalue weighted by molar-refractivity contribution is 5.71. The van der Waals surface area contributed by atoms with E-state index in [0.717, 1.165) is 36.1 Å². The van der Waals surface area contributed by atoms with Gasteiger partial charge in [-0.05, 0) is 49.9 Å². The fourth-order valence-corrected chi connectivity index (χ4v) is 3.47. The van der Waals surface area contributed by atoms with Gasteiger partial charge in [0.1, 0.15) is 17.5 Å². The first kappa shape index (κ1) is 15.6. The van der Waals surface area contributed by atoms with Gasteiger partial charge in [-0.1, -0.05) is 36.4 Å². The lowest BCUT2D eigenvalue weighted by molar-refractivity contribution is 0.946. The third kappa shape index (κ3) is 2.95. The minimum atomic E-state index is 0.774. The Morgan fingerprint density at radius 1 is 0.920 bits per heavy atom. The molecule has 1 aromatic heterocycles. The molecule has 0 bridgehead atoms. The fourth-order valence-electron chi connectivity index (χ4n) is 3.47. The van der Waals surface area contributed by atoms with E-state index in [1.807, 2.05) is 13.0 Å². The van der Waals surface area contributed by atoms with E-state index in [1.54, 1.807) is 0 Å². The molecular weight excluding hydrogens is 308 g/mol. The van der Waals surface area contributed by atoms with Crippen LogP contribution in [-0.2, 0) is 6.42 Å². The zero-order chi connectivity index (χ0) is 17.4. The van der Waals surface area contributed by atoms with Crippen molar-refractivity contribution >= 4 is 23.0 Å². The lowest BCUT2D eigenvalue weighted by Crippen LogP contribution is -2.16. The third-order valence-electron chi connectivity index (χ3n) is 4.72. The zero-order valence-electron chi connectivity index (χ0n) is 14.9. The Morgan fingerprint density at radius 2 is 1.68 bits per heavy atom. The Hall–Kier alpha value is -2.88. The van der Waals surface area contributed by atoms with Crippen LogP contribution in [0.2, 0.25) is 0 Å². The molecule has 0 aliphatic carbocycles. The van der Waals surface area contributed by atoms with Crippen molar-refractivity contribution in [2.75, 3.05) is 16.8 Å². The smallest absolute Gasteiger partial charge is 0.138 e. The van der Waals surface area contributed by atoms with E-state index in [0.29, 0.717) is 0 Å². The van der Waals surface area contributed by atoms with Crippen molar-refractivity contribution in [1.82, 2.24) is 9.97 Å².